The van der Waals surface area contributed by atoms with Crippen LogP contribution in [0.25, 0.3) is 0 Å². The number of halogens is 1. The predicted molar refractivity (Wildman–Crippen MR) is 49.5 cm³/mol. The summed E-state index contributed by atoms with van der Waals surface area (Å²) in [7, 11) is 4.76. The van der Waals surface area contributed by atoms with Crippen LogP contribution in [0, 0.1) is 0 Å². The van der Waals surface area contributed by atoms with Crippen molar-refractivity contribution in [3.05, 3.63) is 0 Å². The summed E-state index contributed by atoms with van der Waals surface area (Å²) in [6, 6.07) is 0. The number of nitrogens with two attached hydrogens (primary N) is 3. The van der Waals surface area contributed by atoms with Gasteiger partial charge in [-0.2, -0.15) is 0 Å². The van der Waals surface area contributed by atoms with Gasteiger partial charge in [-0.15, -0.1) is 0 Å². The van der Waals surface area contributed by atoms with Crippen molar-refractivity contribution in [2.45, 2.75) is 0 Å². The summed E-state index contributed by atoms with van der Waals surface area (Å²) in [5, 5.41) is 0. The van der Waals surface area contributed by atoms with Crippen LogP contribution in [0.4, 0.5) is 0 Å². The SMILES string of the molecule is NCCN(CCN)CCN.[Cl][Zn+]. The first kappa shape index (κ1) is 15.2. The second-order valence-electron chi connectivity index (χ2n) is 2.21. The molecule has 0 saturated heterocycles. The first-order chi connectivity index (χ1) is 5.85. The third-order valence-corrected chi connectivity index (χ3v) is 1.34. The molecule has 0 aliphatic rings. The number of hydrogen-bond acceptors (Lipinski definition) is 4. The molecule has 6 N–H and O–H groups in total. The van der Waals surface area contributed by atoms with Gasteiger partial charge in [-0.25, -0.2) is 0 Å². The Kier molecular flexibility index (Phi) is 18.1. The first-order valence-corrected chi connectivity index (χ1v) is 7.84. The molecule has 0 fully saturated rings. The van der Waals surface area contributed by atoms with Crippen LogP contribution in [0.15, 0.2) is 0 Å². The van der Waals surface area contributed by atoms with Gasteiger partial charge < -0.3 is 17.2 Å². The maximum atomic E-state index is 5.37. The van der Waals surface area contributed by atoms with Crippen molar-refractivity contribution in [1.82, 2.24) is 4.90 Å². The van der Waals surface area contributed by atoms with Crippen LogP contribution in [0.1, 0.15) is 0 Å². The summed E-state index contributed by atoms with van der Waals surface area (Å²) in [6.07, 6.45) is 0. The van der Waals surface area contributed by atoms with E-state index in [0.717, 1.165) is 36.9 Å². The average Bonchev–Trinajstić information content (AvgIpc) is 2.10. The molecule has 0 aliphatic heterocycles. The van der Waals surface area contributed by atoms with Crippen LogP contribution in [-0.4, -0.2) is 44.2 Å². The zero-order valence-electron chi connectivity index (χ0n) is 7.51. The summed E-state index contributed by atoms with van der Waals surface area (Å²) >= 11 is 0.847. The van der Waals surface area contributed by atoms with Crippen molar-refractivity contribution in [1.29, 1.82) is 0 Å². The van der Waals surface area contributed by atoms with E-state index in [1.165, 1.54) is 0 Å². The molecule has 6 heteroatoms. The van der Waals surface area contributed by atoms with E-state index < -0.39 is 0 Å². The molecule has 0 heterocycles. The van der Waals surface area contributed by atoms with Gasteiger partial charge in [0.1, 0.15) is 0 Å². The Hall–Kier alpha value is 0.753. The third kappa shape index (κ3) is 10.8. The molecule has 0 spiro atoms. The maximum absolute atomic E-state index is 5.37. The Morgan fingerprint density at radius 2 is 1.08 bits per heavy atom. The molecule has 70 valence electrons. The van der Waals surface area contributed by atoms with Crippen molar-refractivity contribution in [3.63, 3.8) is 0 Å². The Morgan fingerprint density at radius 1 is 0.833 bits per heavy atom. The quantitative estimate of drug-likeness (QED) is 0.518. The molecule has 0 unspecified atom stereocenters. The average molecular weight is 247 g/mol. The molecular formula is C6H18ClN4Zn+. The molecule has 0 aromatic carbocycles. The topological polar surface area (TPSA) is 81.3 Å². The van der Waals surface area contributed by atoms with Gasteiger partial charge in [0, 0.05) is 39.3 Å². The minimum absolute atomic E-state index is 0.681. The van der Waals surface area contributed by atoms with Crippen molar-refractivity contribution in [3.8, 4) is 0 Å². The van der Waals surface area contributed by atoms with E-state index in [2.05, 4.69) is 4.90 Å². The van der Waals surface area contributed by atoms with Crippen LogP contribution >= 0.6 is 9.69 Å². The molecule has 0 rings (SSSR count). The van der Waals surface area contributed by atoms with Crippen molar-refractivity contribution in [2.24, 2.45) is 17.2 Å². The molecule has 0 saturated carbocycles. The number of rotatable bonds is 6. The minimum atomic E-state index is 0.681. The van der Waals surface area contributed by atoms with Crippen molar-refractivity contribution in [2.75, 3.05) is 39.3 Å². The molecule has 0 bridgehead atoms. The predicted octanol–water partition coefficient (Wildman–Crippen LogP) is -1.15. The molecule has 0 atom stereocenters. The van der Waals surface area contributed by atoms with Crippen LogP contribution < -0.4 is 17.2 Å². The van der Waals surface area contributed by atoms with Crippen LogP contribution in [-0.2, 0) is 17.3 Å². The molecule has 0 aromatic rings. The standard InChI is InChI=1S/C6H18N4.ClH.Zn/c7-1-4-10(5-2-8)6-3-9;;/h1-9H2;1H;/q;;+2/p-1. The summed E-state index contributed by atoms with van der Waals surface area (Å²) in [4.78, 5) is 2.17. The van der Waals surface area contributed by atoms with E-state index >= 15 is 0 Å². The summed E-state index contributed by atoms with van der Waals surface area (Å²) in [5.74, 6) is 0. The van der Waals surface area contributed by atoms with E-state index in [-0.39, 0.29) is 0 Å². The fraction of sp³-hybridized carbons (Fsp3) is 1.00. The van der Waals surface area contributed by atoms with Gasteiger partial charge in [-0.05, 0) is 0 Å². The molecule has 0 amide bonds. The summed E-state index contributed by atoms with van der Waals surface area (Å²) in [6.45, 7) is 4.73. The van der Waals surface area contributed by atoms with Gasteiger partial charge in [0.05, 0.1) is 0 Å². The Balaban J connectivity index is 0. The van der Waals surface area contributed by atoms with Gasteiger partial charge in [0.2, 0.25) is 0 Å². The van der Waals surface area contributed by atoms with Gasteiger partial charge in [0.15, 0.2) is 0 Å². The van der Waals surface area contributed by atoms with Crippen molar-refractivity contribution >= 4 is 9.69 Å². The molecule has 0 aliphatic carbocycles. The Labute approximate surface area is 88.5 Å². The van der Waals surface area contributed by atoms with Crippen LogP contribution in [0.3, 0.4) is 0 Å². The third-order valence-electron chi connectivity index (χ3n) is 1.34. The fourth-order valence-electron chi connectivity index (χ4n) is 0.883. The second kappa shape index (κ2) is 14.3. The zero-order valence-corrected chi connectivity index (χ0v) is 11.2. The normalized spacial score (nSPS) is 9.58. The van der Waals surface area contributed by atoms with Crippen molar-refractivity contribution < 1.29 is 17.3 Å². The van der Waals surface area contributed by atoms with Gasteiger partial charge >= 0.3 is 27.0 Å². The van der Waals surface area contributed by atoms with Gasteiger partial charge in [-0.3, -0.25) is 4.90 Å². The monoisotopic (exact) mass is 245 g/mol. The van der Waals surface area contributed by atoms with E-state index in [1.54, 1.807) is 0 Å². The molecule has 0 aromatic heterocycles. The summed E-state index contributed by atoms with van der Waals surface area (Å²) < 4.78 is 0. The van der Waals surface area contributed by atoms with Crippen LogP contribution in [0.5, 0.6) is 0 Å². The van der Waals surface area contributed by atoms with Crippen LogP contribution in [0.2, 0.25) is 0 Å². The first-order valence-electron chi connectivity index (χ1n) is 3.94. The molecule has 0 radical (unpaired) electrons. The molecule has 4 nitrogen and oxygen atoms in total. The number of hydrogen-bond donors (Lipinski definition) is 3. The summed E-state index contributed by atoms with van der Waals surface area (Å²) in [5.41, 5.74) is 16.1. The molecule has 12 heavy (non-hydrogen) atoms. The van der Waals surface area contributed by atoms with E-state index in [1.807, 2.05) is 0 Å². The van der Waals surface area contributed by atoms with E-state index in [4.69, 9.17) is 26.9 Å². The zero-order chi connectivity index (χ0) is 9.82. The number of nitrogens with zero attached hydrogens (tertiary/aromatic N) is 1. The Bertz CT molecular complexity index is 62.3. The second-order valence-corrected chi connectivity index (χ2v) is 2.21. The van der Waals surface area contributed by atoms with E-state index in [9.17, 15) is 0 Å². The van der Waals surface area contributed by atoms with Gasteiger partial charge in [-0.1, -0.05) is 0 Å². The van der Waals surface area contributed by atoms with Gasteiger partial charge in [0.25, 0.3) is 0 Å². The Morgan fingerprint density at radius 3 is 1.25 bits per heavy atom. The molecular weight excluding hydrogens is 229 g/mol. The fourth-order valence-corrected chi connectivity index (χ4v) is 0.883. The van der Waals surface area contributed by atoms with E-state index in [0.29, 0.717) is 19.6 Å².